The van der Waals surface area contributed by atoms with E-state index in [1.807, 2.05) is 13.0 Å². The van der Waals surface area contributed by atoms with Crippen molar-refractivity contribution in [1.82, 2.24) is 9.88 Å². The summed E-state index contributed by atoms with van der Waals surface area (Å²) in [6.45, 7) is 5.40. The lowest BCUT2D eigenvalue weighted by Gasteiger charge is -2.16. The van der Waals surface area contributed by atoms with E-state index in [2.05, 4.69) is 20.0 Å². The first-order chi connectivity index (χ1) is 13.3. The maximum Gasteiger partial charge on any atom is 0.242 e. The molecule has 0 bridgehead atoms. The van der Waals surface area contributed by atoms with E-state index in [9.17, 15) is 8.42 Å². The molecule has 28 heavy (non-hydrogen) atoms. The molecular weight excluding hydrogens is 380 g/mol. The molecule has 1 fully saturated rings. The quantitative estimate of drug-likeness (QED) is 0.433. The lowest BCUT2D eigenvalue weighted by molar-refractivity contribution is 0.322. The van der Waals surface area contributed by atoms with Crippen molar-refractivity contribution in [3.63, 3.8) is 0 Å². The van der Waals surface area contributed by atoms with Crippen LogP contribution in [0.15, 0.2) is 31.7 Å². The second kappa shape index (κ2) is 8.24. The third-order valence-corrected chi connectivity index (χ3v) is 6.42. The molecule has 3 rings (SSSR count). The minimum atomic E-state index is -3.80. The standard InChI is InChI=1S/C19H24N4O4S/c1-12-10-15(18-13(2)22-27-14(18)3)11-17(19(12)20-8-9-21-24)28(25,26)23-16-6-4-5-7-16/h8-11,16,23-24H,4-7H2,1-3H3/b20-8-,21-9+. The topological polar surface area (TPSA) is 117 Å². The molecule has 9 heteroatoms. The van der Waals surface area contributed by atoms with E-state index >= 15 is 0 Å². The lowest BCUT2D eigenvalue weighted by atomic mass is 10.0. The summed E-state index contributed by atoms with van der Waals surface area (Å²) < 4.78 is 34.4. The predicted molar refractivity (Wildman–Crippen MR) is 107 cm³/mol. The van der Waals surface area contributed by atoms with Gasteiger partial charge in [-0.25, -0.2) is 13.1 Å². The summed E-state index contributed by atoms with van der Waals surface area (Å²) in [5.41, 5.74) is 3.14. The number of aryl methyl sites for hydroxylation is 3. The van der Waals surface area contributed by atoms with Crippen LogP contribution in [0.4, 0.5) is 5.69 Å². The maximum absolute atomic E-state index is 13.2. The van der Waals surface area contributed by atoms with E-state index in [1.165, 1.54) is 6.21 Å². The zero-order valence-electron chi connectivity index (χ0n) is 16.1. The van der Waals surface area contributed by atoms with Crippen LogP contribution in [-0.2, 0) is 10.0 Å². The molecule has 2 N–H and O–H groups in total. The first kappa shape index (κ1) is 20.2. The zero-order valence-corrected chi connectivity index (χ0v) is 17.0. The van der Waals surface area contributed by atoms with Crippen molar-refractivity contribution in [3.8, 4) is 11.1 Å². The number of nitrogens with zero attached hydrogens (tertiary/aromatic N) is 3. The Kier molecular flexibility index (Phi) is 5.95. The van der Waals surface area contributed by atoms with Gasteiger partial charge in [0, 0.05) is 17.8 Å². The normalized spacial score (nSPS) is 16.0. The highest BCUT2D eigenvalue weighted by molar-refractivity contribution is 7.89. The van der Waals surface area contributed by atoms with Crippen LogP contribution >= 0.6 is 0 Å². The maximum atomic E-state index is 13.2. The minimum absolute atomic E-state index is 0.0659. The van der Waals surface area contributed by atoms with Crippen molar-refractivity contribution in [2.24, 2.45) is 10.1 Å². The second-order valence-electron chi connectivity index (χ2n) is 6.98. The highest BCUT2D eigenvalue weighted by Crippen LogP contribution is 2.36. The van der Waals surface area contributed by atoms with Crippen LogP contribution < -0.4 is 4.72 Å². The molecule has 8 nitrogen and oxygen atoms in total. The number of rotatable bonds is 6. The minimum Gasteiger partial charge on any atom is -0.411 e. The van der Waals surface area contributed by atoms with Crippen molar-refractivity contribution in [3.05, 3.63) is 29.2 Å². The van der Waals surface area contributed by atoms with E-state index in [-0.39, 0.29) is 10.9 Å². The van der Waals surface area contributed by atoms with Gasteiger partial charge in [-0.05, 0) is 56.9 Å². The highest BCUT2D eigenvalue weighted by Gasteiger charge is 2.27. The SMILES string of the molecule is Cc1cc(-c2c(C)noc2C)cc(S(=O)(=O)NC2CCCC2)c1/N=C\C=N\O. The summed E-state index contributed by atoms with van der Waals surface area (Å²) in [6, 6.07) is 3.38. The number of sulfonamides is 1. The van der Waals surface area contributed by atoms with Crippen LogP contribution in [0.2, 0.25) is 0 Å². The Labute approximate surface area is 164 Å². The van der Waals surface area contributed by atoms with Crippen molar-refractivity contribution in [2.75, 3.05) is 0 Å². The fourth-order valence-electron chi connectivity index (χ4n) is 3.62. The molecule has 0 saturated heterocycles. The number of aliphatic imine (C=N–C) groups is 1. The fraction of sp³-hybridized carbons (Fsp3) is 0.421. The third kappa shape index (κ3) is 4.15. The Morgan fingerprint density at radius 3 is 2.54 bits per heavy atom. The second-order valence-corrected chi connectivity index (χ2v) is 8.67. The van der Waals surface area contributed by atoms with Gasteiger partial charge in [0.2, 0.25) is 10.0 Å². The van der Waals surface area contributed by atoms with E-state index in [4.69, 9.17) is 9.73 Å². The van der Waals surface area contributed by atoms with Crippen molar-refractivity contribution < 1.29 is 18.1 Å². The van der Waals surface area contributed by atoms with Crippen LogP contribution in [0.3, 0.4) is 0 Å². The Balaban J connectivity index is 2.15. The Morgan fingerprint density at radius 1 is 1.21 bits per heavy atom. The van der Waals surface area contributed by atoms with Crippen molar-refractivity contribution in [1.29, 1.82) is 0 Å². The van der Waals surface area contributed by atoms with Gasteiger partial charge in [-0.2, -0.15) is 0 Å². The molecule has 1 aliphatic rings. The summed E-state index contributed by atoms with van der Waals surface area (Å²) in [6.07, 6.45) is 6.04. The molecule has 1 aliphatic carbocycles. The number of aromatic nitrogens is 1. The van der Waals surface area contributed by atoms with Gasteiger partial charge in [0.1, 0.15) is 10.7 Å². The molecule has 1 aromatic heterocycles. The van der Waals surface area contributed by atoms with Gasteiger partial charge in [-0.3, -0.25) is 4.99 Å². The molecule has 1 heterocycles. The molecular formula is C19H24N4O4S. The summed E-state index contributed by atoms with van der Waals surface area (Å²) in [5, 5.41) is 15.4. The number of benzene rings is 1. The molecule has 0 radical (unpaired) electrons. The van der Waals surface area contributed by atoms with Crippen molar-refractivity contribution >= 4 is 28.1 Å². The molecule has 0 amide bonds. The molecule has 1 aromatic carbocycles. The zero-order chi connectivity index (χ0) is 20.3. The molecule has 1 saturated carbocycles. The van der Waals surface area contributed by atoms with Crippen molar-refractivity contribution in [2.45, 2.75) is 57.4 Å². The van der Waals surface area contributed by atoms with Gasteiger partial charge in [0.15, 0.2) is 0 Å². The number of hydrogen-bond acceptors (Lipinski definition) is 7. The first-order valence-electron chi connectivity index (χ1n) is 9.14. The molecule has 0 spiro atoms. The monoisotopic (exact) mass is 404 g/mol. The van der Waals surface area contributed by atoms with Gasteiger partial charge in [0.25, 0.3) is 0 Å². The van der Waals surface area contributed by atoms with Crippen LogP contribution in [0.1, 0.15) is 42.7 Å². The highest BCUT2D eigenvalue weighted by atomic mass is 32.2. The predicted octanol–water partition coefficient (Wildman–Crippen LogP) is 3.65. The average Bonchev–Trinajstić information content (AvgIpc) is 3.25. The van der Waals surface area contributed by atoms with E-state index in [0.29, 0.717) is 28.3 Å². The first-order valence-corrected chi connectivity index (χ1v) is 10.6. The van der Waals surface area contributed by atoms with E-state index in [0.717, 1.165) is 37.5 Å². The van der Waals surface area contributed by atoms with E-state index in [1.54, 1.807) is 19.9 Å². The van der Waals surface area contributed by atoms with Crippen LogP contribution in [0, 0.1) is 20.8 Å². The smallest absolute Gasteiger partial charge is 0.242 e. The van der Waals surface area contributed by atoms with Crippen LogP contribution in [0.5, 0.6) is 0 Å². The number of oxime groups is 1. The van der Waals surface area contributed by atoms with Gasteiger partial charge in [-0.1, -0.05) is 23.2 Å². The summed E-state index contributed by atoms with van der Waals surface area (Å²) in [7, 11) is -3.80. The van der Waals surface area contributed by atoms with Crippen LogP contribution in [0.25, 0.3) is 11.1 Å². The molecule has 150 valence electrons. The lowest BCUT2D eigenvalue weighted by Crippen LogP contribution is -2.32. The fourth-order valence-corrected chi connectivity index (χ4v) is 5.17. The summed E-state index contributed by atoms with van der Waals surface area (Å²) in [4.78, 5) is 4.29. The summed E-state index contributed by atoms with van der Waals surface area (Å²) in [5.74, 6) is 0.618. The van der Waals surface area contributed by atoms with Gasteiger partial charge in [0.05, 0.1) is 17.6 Å². The van der Waals surface area contributed by atoms with Gasteiger partial charge >= 0.3 is 0 Å². The Bertz CT molecular complexity index is 999. The Hall–Kier alpha value is -2.52. The Morgan fingerprint density at radius 2 is 1.93 bits per heavy atom. The largest absolute Gasteiger partial charge is 0.411 e. The van der Waals surface area contributed by atoms with Gasteiger partial charge < -0.3 is 9.73 Å². The van der Waals surface area contributed by atoms with E-state index < -0.39 is 10.0 Å². The molecule has 0 atom stereocenters. The molecule has 0 unspecified atom stereocenters. The summed E-state index contributed by atoms with van der Waals surface area (Å²) >= 11 is 0. The van der Waals surface area contributed by atoms with Crippen LogP contribution in [-0.4, -0.2) is 37.3 Å². The molecule has 2 aromatic rings. The number of hydrogen-bond donors (Lipinski definition) is 2. The molecule has 0 aliphatic heterocycles. The number of nitrogens with one attached hydrogen (secondary N) is 1. The third-order valence-electron chi connectivity index (χ3n) is 4.89. The van der Waals surface area contributed by atoms with Gasteiger partial charge in [-0.15, -0.1) is 0 Å². The average molecular weight is 404 g/mol.